The number of aromatic nitrogens is 2. The predicted molar refractivity (Wildman–Crippen MR) is 79.6 cm³/mol. The molecule has 4 nitrogen and oxygen atoms in total. The summed E-state index contributed by atoms with van der Waals surface area (Å²) in [5, 5.41) is 3.45. The van der Waals surface area contributed by atoms with Gasteiger partial charge in [0.25, 0.3) is 0 Å². The van der Waals surface area contributed by atoms with Crippen molar-refractivity contribution in [3.8, 4) is 0 Å². The highest BCUT2D eigenvalue weighted by Gasteiger charge is 2.20. The quantitative estimate of drug-likeness (QED) is 0.885. The fraction of sp³-hybridized carbons (Fsp3) is 0.733. The van der Waals surface area contributed by atoms with Crippen LogP contribution in [-0.2, 0) is 0 Å². The van der Waals surface area contributed by atoms with Crippen LogP contribution >= 0.6 is 0 Å². The van der Waals surface area contributed by atoms with E-state index in [2.05, 4.69) is 47.0 Å². The maximum absolute atomic E-state index is 4.43. The largest absolute Gasteiger partial charge is 0.356 e. The third-order valence-corrected chi connectivity index (χ3v) is 3.89. The van der Waals surface area contributed by atoms with Crippen molar-refractivity contribution in [1.29, 1.82) is 0 Å². The van der Waals surface area contributed by atoms with E-state index in [-0.39, 0.29) is 0 Å². The van der Waals surface area contributed by atoms with Gasteiger partial charge in [0.05, 0.1) is 0 Å². The highest BCUT2D eigenvalue weighted by molar-refractivity contribution is 5.39. The van der Waals surface area contributed by atoms with E-state index in [1.54, 1.807) is 6.33 Å². The van der Waals surface area contributed by atoms with Crippen LogP contribution in [0.15, 0.2) is 12.4 Å². The number of hydrogen-bond acceptors (Lipinski definition) is 4. The Balaban J connectivity index is 1.92. The number of rotatable bonds is 5. The van der Waals surface area contributed by atoms with Crippen molar-refractivity contribution in [2.45, 2.75) is 39.5 Å². The van der Waals surface area contributed by atoms with E-state index < -0.39 is 0 Å². The molecule has 0 radical (unpaired) electrons. The lowest BCUT2D eigenvalue weighted by Gasteiger charge is -2.33. The zero-order valence-corrected chi connectivity index (χ0v) is 12.4. The Morgan fingerprint density at radius 3 is 2.68 bits per heavy atom. The first-order chi connectivity index (χ1) is 9.20. The summed E-state index contributed by atoms with van der Waals surface area (Å²) in [6.07, 6.45) is 4.22. The van der Waals surface area contributed by atoms with Crippen molar-refractivity contribution in [3.05, 3.63) is 18.1 Å². The molecule has 0 spiro atoms. The third-order valence-electron chi connectivity index (χ3n) is 3.89. The molecule has 0 unspecified atom stereocenters. The highest BCUT2D eigenvalue weighted by atomic mass is 15.2. The fourth-order valence-corrected chi connectivity index (χ4v) is 2.56. The molecule has 2 rings (SSSR count). The topological polar surface area (TPSA) is 41.0 Å². The molecule has 2 heterocycles. The Labute approximate surface area is 116 Å². The summed E-state index contributed by atoms with van der Waals surface area (Å²) in [6.45, 7) is 11.0. The molecular formula is C15H26N4. The van der Waals surface area contributed by atoms with E-state index in [9.17, 15) is 0 Å². The van der Waals surface area contributed by atoms with Crippen LogP contribution in [0.2, 0.25) is 0 Å². The molecule has 0 amide bonds. The van der Waals surface area contributed by atoms with Crippen LogP contribution in [0.25, 0.3) is 0 Å². The highest BCUT2D eigenvalue weighted by Crippen LogP contribution is 2.23. The Hall–Kier alpha value is -1.16. The van der Waals surface area contributed by atoms with E-state index in [1.807, 2.05) is 0 Å². The van der Waals surface area contributed by atoms with E-state index in [1.165, 1.54) is 12.8 Å². The lowest BCUT2D eigenvalue weighted by Crippen LogP contribution is -2.37. The number of anilines is 1. The Kier molecular flexibility index (Phi) is 5.14. The zero-order chi connectivity index (χ0) is 13.7. The van der Waals surface area contributed by atoms with Crippen molar-refractivity contribution >= 4 is 5.82 Å². The van der Waals surface area contributed by atoms with Gasteiger partial charge in [0.2, 0.25) is 0 Å². The van der Waals surface area contributed by atoms with Crippen LogP contribution in [0.5, 0.6) is 0 Å². The molecule has 106 valence electrons. The first-order valence-electron chi connectivity index (χ1n) is 7.48. The van der Waals surface area contributed by atoms with Crippen molar-refractivity contribution < 1.29 is 0 Å². The van der Waals surface area contributed by atoms with Gasteiger partial charge in [0, 0.05) is 24.8 Å². The van der Waals surface area contributed by atoms with Crippen LogP contribution in [0.3, 0.4) is 0 Å². The minimum Gasteiger partial charge on any atom is -0.356 e. The zero-order valence-electron chi connectivity index (χ0n) is 12.4. The molecule has 0 bridgehead atoms. The molecule has 4 heteroatoms. The van der Waals surface area contributed by atoms with Crippen LogP contribution in [0, 0.1) is 5.92 Å². The average Bonchev–Trinajstić information content (AvgIpc) is 2.46. The minimum atomic E-state index is 0.466. The molecule has 0 saturated carbocycles. The van der Waals surface area contributed by atoms with Crippen molar-refractivity contribution in [1.82, 2.24) is 15.3 Å². The van der Waals surface area contributed by atoms with E-state index >= 15 is 0 Å². The maximum Gasteiger partial charge on any atom is 0.132 e. The smallest absolute Gasteiger partial charge is 0.132 e. The normalized spacial score (nSPS) is 17.2. The van der Waals surface area contributed by atoms with Gasteiger partial charge in [0.1, 0.15) is 12.1 Å². The summed E-state index contributed by atoms with van der Waals surface area (Å²) in [7, 11) is 0. The molecular weight excluding hydrogens is 236 g/mol. The monoisotopic (exact) mass is 262 g/mol. The fourth-order valence-electron chi connectivity index (χ4n) is 2.56. The molecule has 1 aliphatic heterocycles. The molecule has 0 atom stereocenters. The number of piperidine rings is 1. The summed E-state index contributed by atoms with van der Waals surface area (Å²) in [5.41, 5.74) is 1.14. The first-order valence-corrected chi connectivity index (χ1v) is 7.48. The molecule has 1 aromatic heterocycles. The molecule has 1 N–H and O–H groups in total. The first kappa shape index (κ1) is 14.3. The van der Waals surface area contributed by atoms with Gasteiger partial charge in [-0.15, -0.1) is 0 Å². The van der Waals surface area contributed by atoms with Gasteiger partial charge in [0.15, 0.2) is 0 Å². The second-order valence-electron chi connectivity index (χ2n) is 5.69. The van der Waals surface area contributed by atoms with Crippen LogP contribution in [-0.4, -0.2) is 36.1 Å². The van der Waals surface area contributed by atoms with Crippen molar-refractivity contribution in [3.63, 3.8) is 0 Å². The van der Waals surface area contributed by atoms with Crippen LogP contribution in [0.1, 0.15) is 45.2 Å². The van der Waals surface area contributed by atoms with Gasteiger partial charge < -0.3 is 10.2 Å². The summed E-state index contributed by atoms with van der Waals surface area (Å²) in [5.74, 6) is 2.39. The molecule has 19 heavy (non-hydrogen) atoms. The standard InChI is InChI=1S/C15H26N4/c1-4-16-10-13-5-7-19(8-6-13)15-9-14(12(2)3)17-11-18-15/h9,11-13,16H,4-8,10H2,1-3H3. The Morgan fingerprint density at radius 1 is 1.32 bits per heavy atom. The van der Waals surface area contributed by atoms with Crippen molar-refractivity contribution in [2.24, 2.45) is 5.92 Å². The van der Waals surface area contributed by atoms with Gasteiger partial charge in [-0.2, -0.15) is 0 Å². The Morgan fingerprint density at radius 2 is 2.05 bits per heavy atom. The molecule has 1 saturated heterocycles. The molecule has 0 aliphatic carbocycles. The van der Waals surface area contributed by atoms with Crippen molar-refractivity contribution in [2.75, 3.05) is 31.1 Å². The van der Waals surface area contributed by atoms with Gasteiger partial charge in [-0.1, -0.05) is 20.8 Å². The molecule has 1 aliphatic rings. The van der Waals surface area contributed by atoms with Gasteiger partial charge in [-0.05, 0) is 37.8 Å². The van der Waals surface area contributed by atoms with E-state index in [0.717, 1.165) is 43.6 Å². The minimum absolute atomic E-state index is 0.466. The summed E-state index contributed by atoms with van der Waals surface area (Å²) in [4.78, 5) is 11.2. The van der Waals surface area contributed by atoms with Gasteiger partial charge >= 0.3 is 0 Å². The number of nitrogens with one attached hydrogen (secondary N) is 1. The van der Waals surface area contributed by atoms with E-state index in [4.69, 9.17) is 0 Å². The third kappa shape index (κ3) is 3.90. The lowest BCUT2D eigenvalue weighted by molar-refractivity contribution is 0.385. The lowest BCUT2D eigenvalue weighted by atomic mass is 9.96. The predicted octanol–water partition coefficient (Wildman–Crippen LogP) is 2.43. The average molecular weight is 262 g/mol. The summed E-state index contributed by atoms with van der Waals surface area (Å²) in [6, 6.07) is 2.15. The maximum atomic E-state index is 4.43. The SMILES string of the molecule is CCNCC1CCN(c2cc(C(C)C)ncn2)CC1. The number of hydrogen-bond donors (Lipinski definition) is 1. The Bertz CT molecular complexity index is 383. The second-order valence-corrected chi connectivity index (χ2v) is 5.69. The summed E-state index contributed by atoms with van der Waals surface area (Å²) >= 11 is 0. The molecule has 0 aromatic carbocycles. The van der Waals surface area contributed by atoms with Gasteiger partial charge in [-0.3, -0.25) is 0 Å². The number of nitrogens with zero attached hydrogens (tertiary/aromatic N) is 3. The van der Waals surface area contributed by atoms with Gasteiger partial charge in [-0.25, -0.2) is 9.97 Å². The second kappa shape index (κ2) is 6.85. The summed E-state index contributed by atoms with van der Waals surface area (Å²) < 4.78 is 0. The molecule has 1 fully saturated rings. The van der Waals surface area contributed by atoms with Crippen LogP contribution < -0.4 is 10.2 Å². The van der Waals surface area contributed by atoms with E-state index in [0.29, 0.717) is 5.92 Å². The molecule has 1 aromatic rings. The van der Waals surface area contributed by atoms with Crippen LogP contribution in [0.4, 0.5) is 5.82 Å².